The van der Waals surface area contributed by atoms with Gasteiger partial charge in [-0.3, -0.25) is 0 Å². The van der Waals surface area contributed by atoms with Crippen molar-refractivity contribution in [2.75, 3.05) is 10.6 Å². The molecule has 0 aromatic carbocycles. The highest BCUT2D eigenvalue weighted by molar-refractivity contribution is 5.50. The molecule has 28 heavy (non-hydrogen) atoms. The van der Waals surface area contributed by atoms with Gasteiger partial charge in [-0.05, 0) is 77.0 Å². The maximum atomic E-state index is 10.1. The normalized spacial score (nSPS) is 22.4. The third kappa shape index (κ3) is 3.29. The summed E-state index contributed by atoms with van der Waals surface area (Å²) in [6.07, 6.45) is 10.5. The molecule has 2 unspecified atom stereocenters. The lowest BCUT2D eigenvalue weighted by Gasteiger charge is -2.26. The fourth-order valence-electron chi connectivity index (χ4n) is 4.90. The molecule has 0 radical (unpaired) electrons. The molecule has 4 N–H and O–H groups in total. The second kappa shape index (κ2) is 6.90. The van der Waals surface area contributed by atoms with Crippen molar-refractivity contribution in [2.24, 2.45) is 5.92 Å². The van der Waals surface area contributed by atoms with Gasteiger partial charge in [-0.1, -0.05) is 0 Å². The van der Waals surface area contributed by atoms with Crippen LogP contribution in [0.15, 0.2) is 0 Å². The van der Waals surface area contributed by atoms with Crippen LogP contribution < -0.4 is 10.6 Å². The molecule has 2 aromatic rings. The van der Waals surface area contributed by atoms with E-state index in [1.54, 1.807) is 0 Å². The summed E-state index contributed by atoms with van der Waals surface area (Å²) in [7, 11) is 0. The van der Waals surface area contributed by atoms with Crippen molar-refractivity contribution in [2.45, 2.75) is 83.2 Å². The van der Waals surface area contributed by atoms with Crippen LogP contribution >= 0.6 is 0 Å². The summed E-state index contributed by atoms with van der Waals surface area (Å²) in [6, 6.07) is 0.802. The molecule has 0 spiro atoms. The van der Waals surface area contributed by atoms with Crippen LogP contribution in [-0.4, -0.2) is 42.4 Å². The van der Waals surface area contributed by atoms with E-state index >= 15 is 0 Å². The zero-order chi connectivity index (χ0) is 19.3. The molecule has 8 nitrogen and oxygen atoms in total. The van der Waals surface area contributed by atoms with Gasteiger partial charge in [-0.25, -0.2) is 0 Å². The summed E-state index contributed by atoms with van der Waals surface area (Å²) in [5.74, 6) is 2.27. The lowest BCUT2D eigenvalue weighted by Crippen LogP contribution is -2.25. The second-order valence-electron chi connectivity index (χ2n) is 8.84. The monoisotopic (exact) mass is 386 g/mol. The van der Waals surface area contributed by atoms with Crippen LogP contribution in [0.2, 0.25) is 0 Å². The van der Waals surface area contributed by atoms with Gasteiger partial charge < -0.3 is 21.0 Å². The fourth-order valence-corrected chi connectivity index (χ4v) is 4.90. The number of nitrogens with zero attached hydrogens (tertiary/aromatic N) is 4. The molecule has 0 aliphatic heterocycles. The van der Waals surface area contributed by atoms with Gasteiger partial charge in [0.2, 0.25) is 0 Å². The average Bonchev–Trinajstić information content (AvgIpc) is 3.38. The summed E-state index contributed by atoms with van der Waals surface area (Å²) in [4.78, 5) is 2.15. The lowest BCUT2D eigenvalue weighted by atomic mass is 9.83. The van der Waals surface area contributed by atoms with Gasteiger partial charge in [0.25, 0.3) is 0 Å². The Morgan fingerprint density at radius 2 is 1.68 bits per heavy atom. The molecule has 5 rings (SSSR count). The highest BCUT2D eigenvalue weighted by Crippen LogP contribution is 2.35. The van der Waals surface area contributed by atoms with Crippen LogP contribution in [0.25, 0.3) is 0 Å². The Kier molecular flexibility index (Phi) is 4.36. The van der Waals surface area contributed by atoms with Gasteiger partial charge in [0.05, 0.1) is 11.4 Å². The maximum absolute atomic E-state index is 10.1. The highest BCUT2D eigenvalue weighted by atomic mass is 16.5. The molecule has 2 aromatic heterocycles. The molecule has 8 heteroatoms. The summed E-state index contributed by atoms with van der Waals surface area (Å²) in [6.45, 7) is 2.19. The SMILES string of the molecule is CC(CC1CCc2c(c(NC3CC3)nn2O)C1)Nc1nn(O)c2c1CCCC2. The maximum Gasteiger partial charge on any atom is 0.155 e. The van der Waals surface area contributed by atoms with Crippen molar-refractivity contribution >= 4 is 11.6 Å². The number of rotatable bonds is 6. The van der Waals surface area contributed by atoms with E-state index in [4.69, 9.17) is 0 Å². The third-order valence-electron chi connectivity index (χ3n) is 6.50. The second-order valence-corrected chi connectivity index (χ2v) is 8.84. The summed E-state index contributed by atoms with van der Waals surface area (Å²) in [5.41, 5.74) is 4.31. The quantitative estimate of drug-likeness (QED) is 0.570. The van der Waals surface area contributed by atoms with Crippen molar-refractivity contribution in [1.82, 2.24) is 19.9 Å². The summed E-state index contributed by atoms with van der Waals surface area (Å²) >= 11 is 0. The molecule has 0 amide bonds. The molecule has 1 saturated carbocycles. The first-order valence-electron chi connectivity index (χ1n) is 10.7. The van der Waals surface area contributed by atoms with Crippen molar-refractivity contribution in [1.29, 1.82) is 0 Å². The van der Waals surface area contributed by atoms with Crippen molar-refractivity contribution < 1.29 is 10.4 Å². The van der Waals surface area contributed by atoms with E-state index in [1.807, 2.05) is 0 Å². The van der Waals surface area contributed by atoms with Crippen LogP contribution in [0.3, 0.4) is 0 Å². The van der Waals surface area contributed by atoms with E-state index in [0.717, 1.165) is 84.1 Å². The molecular weight excluding hydrogens is 356 g/mol. The van der Waals surface area contributed by atoms with E-state index in [2.05, 4.69) is 27.8 Å². The number of aromatic nitrogens is 4. The first-order valence-corrected chi connectivity index (χ1v) is 10.7. The van der Waals surface area contributed by atoms with Crippen LogP contribution in [0.1, 0.15) is 68.0 Å². The minimum Gasteiger partial charge on any atom is -0.411 e. The van der Waals surface area contributed by atoms with Gasteiger partial charge in [0.15, 0.2) is 11.6 Å². The number of nitrogens with one attached hydrogen (secondary N) is 2. The molecule has 0 saturated heterocycles. The van der Waals surface area contributed by atoms with E-state index in [9.17, 15) is 10.4 Å². The van der Waals surface area contributed by atoms with Crippen molar-refractivity contribution in [3.8, 4) is 0 Å². The lowest BCUT2D eigenvalue weighted by molar-refractivity contribution is 0.137. The molecule has 3 aliphatic rings. The van der Waals surface area contributed by atoms with E-state index in [-0.39, 0.29) is 6.04 Å². The molecule has 1 fully saturated rings. The van der Waals surface area contributed by atoms with Gasteiger partial charge >= 0.3 is 0 Å². The number of anilines is 2. The Hall–Kier alpha value is -2.38. The van der Waals surface area contributed by atoms with Crippen LogP contribution in [0.5, 0.6) is 0 Å². The Balaban J connectivity index is 1.25. The molecule has 0 bridgehead atoms. The largest absolute Gasteiger partial charge is 0.411 e. The minimum absolute atomic E-state index is 0.275. The fraction of sp³-hybridized carbons (Fsp3) is 0.700. The molecule has 3 aliphatic carbocycles. The smallest absolute Gasteiger partial charge is 0.155 e. The Morgan fingerprint density at radius 1 is 0.964 bits per heavy atom. The standard InChI is InChI=1S/C20H30N6O2/c1-12(21-19-15-4-2-3-5-17(15)25(27)23-19)10-13-6-9-18-16(11-13)20(24-26(18)28)22-14-7-8-14/h12-14,27-28H,2-11H2,1H3,(H,21,23)(H,22,24). The summed E-state index contributed by atoms with van der Waals surface area (Å²) < 4.78 is 0. The van der Waals surface area contributed by atoms with Crippen LogP contribution in [0.4, 0.5) is 11.6 Å². The van der Waals surface area contributed by atoms with Gasteiger partial charge in [0, 0.05) is 23.2 Å². The zero-order valence-electron chi connectivity index (χ0n) is 16.5. The average molecular weight is 387 g/mol. The van der Waals surface area contributed by atoms with Crippen LogP contribution in [0, 0.1) is 5.92 Å². The molecule has 2 atom stereocenters. The predicted molar refractivity (Wildman–Crippen MR) is 105 cm³/mol. The van der Waals surface area contributed by atoms with Gasteiger partial charge in [-0.2, -0.15) is 0 Å². The van der Waals surface area contributed by atoms with E-state index in [0.29, 0.717) is 12.0 Å². The first-order chi connectivity index (χ1) is 13.6. The Labute approximate surface area is 164 Å². The third-order valence-corrected chi connectivity index (χ3v) is 6.50. The number of hydrogen-bond donors (Lipinski definition) is 4. The van der Waals surface area contributed by atoms with Crippen molar-refractivity contribution in [3.05, 3.63) is 22.5 Å². The minimum atomic E-state index is 0.275. The zero-order valence-corrected chi connectivity index (χ0v) is 16.5. The highest BCUT2D eigenvalue weighted by Gasteiger charge is 2.31. The molecule has 152 valence electrons. The van der Waals surface area contributed by atoms with Gasteiger partial charge in [0.1, 0.15) is 0 Å². The van der Waals surface area contributed by atoms with E-state index in [1.165, 1.54) is 24.0 Å². The predicted octanol–water partition coefficient (Wildman–Crippen LogP) is 3.00. The summed E-state index contributed by atoms with van der Waals surface area (Å²) in [5, 5.41) is 35.8. The van der Waals surface area contributed by atoms with E-state index < -0.39 is 0 Å². The first kappa shape index (κ1) is 17.7. The number of fused-ring (bicyclic) bond motifs is 2. The molecular formula is C20H30N6O2. The van der Waals surface area contributed by atoms with Crippen LogP contribution in [-0.2, 0) is 25.7 Å². The topological polar surface area (TPSA) is 100 Å². The van der Waals surface area contributed by atoms with Gasteiger partial charge in [-0.15, -0.1) is 19.9 Å². The molecule has 2 heterocycles. The Morgan fingerprint density at radius 3 is 2.46 bits per heavy atom. The number of hydrogen-bond acceptors (Lipinski definition) is 6. The van der Waals surface area contributed by atoms with Crippen molar-refractivity contribution in [3.63, 3.8) is 0 Å². The Bertz CT molecular complexity index is 869.